The Labute approximate surface area is 127 Å². The average Bonchev–Trinajstić information content (AvgIpc) is 2.39. The summed E-state index contributed by atoms with van der Waals surface area (Å²) in [6.45, 7) is 3.97. The number of methoxy groups -OCH3 is 2. The first-order chi connectivity index (χ1) is 9.38. The molecular weight excluding hydrogens is 326 g/mol. The van der Waals surface area contributed by atoms with Crippen molar-refractivity contribution in [2.75, 3.05) is 20.8 Å². The van der Waals surface area contributed by atoms with Crippen molar-refractivity contribution in [1.29, 1.82) is 0 Å². The minimum atomic E-state index is -0.956. The van der Waals surface area contributed by atoms with Gasteiger partial charge in [-0.1, -0.05) is 29.8 Å². The summed E-state index contributed by atoms with van der Waals surface area (Å²) in [5.41, 5.74) is 7.08. The van der Waals surface area contributed by atoms with Gasteiger partial charge in [-0.3, -0.25) is 4.79 Å². The summed E-state index contributed by atoms with van der Waals surface area (Å²) >= 11 is 3.43. The Morgan fingerprint density at radius 2 is 1.95 bits per heavy atom. The number of carboxylic acids is 1. The zero-order chi connectivity index (χ0) is 15.4. The second kappa shape index (κ2) is 6.95. The highest BCUT2D eigenvalue weighted by Crippen LogP contribution is 2.44. The molecule has 1 aromatic rings. The predicted molar refractivity (Wildman–Crippen MR) is 80.8 cm³/mol. The summed E-state index contributed by atoms with van der Waals surface area (Å²) in [5, 5.41) is 9.37. The van der Waals surface area contributed by atoms with Gasteiger partial charge in [0.15, 0.2) is 11.5 Å². The molecule has 112 valence electrons. The molecule has 1 atom stereocenters. The summed E-state index contributed by atoms with van der Waals surface area (Å²) in [6.07, 6.45) is 0. The topological polar surface area (TPSA) is 81.8 Å². The summed E-state index contributed by atoms with van der Waals surface area (Å²) < 4.78 is 11.4. The maximum absolute atomic E-state index is 11.4. The third-order valence-electron chi connectivity index (χ3n) is 3.16. The molecule has 0 saturated carbocycles. The van der Waals surface area contributed by atoms with Gasteiger partial charge in [-0.05, 0) is 17.5 Å². The molecule has 0 radical (unpaired) electrons. The van der Waals surface area contributed by atoms with Crippen LogP contribution in [0, 0.1) is 0 Å². The molecule has 0 spiro atoms. The minimum Gasteiger partial charge on any atom is -0.493 e. The molecule has 0 saturated heterocycles. The summed E-state index contributed by atoms with van der Waals surface area (Å²) in [7, 11) is 3.09. The van der Waals surface area contributed by atoms with Gasteiger partial charge in [0, 0.05) is 16.6 Å². The van der Waals surface area contributed by atoms with Crippen LogP contribution in [0.15, 0.2) is 10.5 Å². The van der Waals surface area contributed by atoms with Gasteiger partial charge in [-0.2, -0.15) is 0 Å². The van der Waals surface area contributed by atoms with Crippen LogP contribution in [-0.4, -0.2) is 31.8 Å². The van der Waals surface area contributed by atoms with Gasteiger partial charge < -0.3 is 20.3 Å². The molecule has 20 heavy (non-hydrogen) atoms. The summed E-state index contributed by atoms with van der Waals surface area (Å²) in [6, 6.07) is 1.71. The van der Waals surface area contributed by atoms with Crippen LogP contribution in [-0.2, 0) is 4.79 Å². The van der Waals surface area contributed by atoms with E-state index in [9.17, 15) is 9.90 Å². The number of nitrogens with two attached hydrogens (primary N) is 1. The van der Waals surface area contributed by atoms with Crippen molar-refractivity contribution in [2.45, 2.75) is 25.7 Å². The number of hydrogen-bond acceptors (Lipinski definition) is 4. The maximum atomic E-state index is 11.4. The van der Waals surface area contributed by atoms with E-state index in [2.05, 4.69) is 15.9 Å². The van der Waals surface area contributed by atoms with Gasteiger partial charge in [0.05, 0.1) is 20.1 Å². The molecule has 0 fully saturated rings. The van der Waals surface area contributed by atoms with E-state index < -0.39 is 11.9 Å². The normalized spacial score (nSPS) is 12.3. The van der Waals surface area contributed by atoms with E-state index in [1.54, 1.807) is 20.3 Å². The van der Waals surface area contributed by atoms with Crippen molar-refractivity contribution in [2.24, 2.45) is 5.73 Å². The van der Waals surface area contributed by atoms with Crippen molar-refractivity contribution in [3.63, 3.8) is 0 Å². The molecule has 0 bridgehead atoms. The lowest BCUT2D eigenvalue weighted by Gasteiger charge is -2.24. The fourth-order valence-corrected chi connectivity index (χ4v) is 2.97. The van der Waals surface area contributed by atoms with Gasteiger partial charge in [-0.25, -0.2) is 0 Å². The zero-order valence-electron chi connectivity index (χ0n) is 12.1. The number of benzene rings is 1. The first-order valence-electron chi connectivity index (χ1n) is 6.26. The lowest BCUT2D eigenvalue weighted by atomic mass is 9.87. The number of rotatable bonds is 6. The van der Waals surface area contributed by atoms with Crippen LogP contribution < -0.4 is 15.2 Å². The number of ether oxygens (including phenoxy) is 2. The molecule has 0 aliphatic heterocycles. The van der Waals surface area contributed by atoms with Crippen molar-refractivity contribution >= 4 is 21.9 Å². The van der Waals surface area contributed by atoms with Crippen LogP contribution in [0.5, 0.6) is 11.5 Å². The zero-order valence-corrected chi connectivity index (χ0v) is 13.7. The second-order valence-electron chi connectivity index (χ2n) is 4.70. The van der Waals surface area contributed by atoms with Gasteiger partial charge in [0.2, 0.25) is 0 Å². The van der Waals surface area contributed by atoms with Gasteiger partial charge >= 0.3 is 5.97 Å². The first kappa shape index (κ1) is 16.8. The fraction of sp³-hybridized carbons (Fsp3) is 0.500. The van der Waals surface area contributed by atoms with Crippen LogP contribution in [0.1, 0.15) is 36.8 Å². The standard InChI is InChI=1S/C14H20BrNO4/c1-7(2)11-12(8(6-16)14(17)18)9(15)5-10(19-3)13(11)20-4/h5,7-8H,6,16H2,1-4H3,(H,17,18). The third-order valence-corrected chi connectivity index (χ3v) is 3.81. The van der Waals surface area contributed by atoms with E-state index in [1.807, 2.05) is 13.8 Å². The van der Waals surface area contributed by atoms with E-state index in [4.69, 9.17) is 15.2 Å². The van der Waals surface area contributed by atoms with Crippen LogP contribution in [0.4, 0.5) is 0 Å². The molecule has 1 unspecified atom stereocenters. The Hall–Kier alpha value is -1.27. The van der Waals surface area contributed by atoms with Gasteiger partial charge in [0.25, 0.3) is 0 Å². The highest BCUT2D eigenvalue weighted by molar-refractivity contribution is 9.10. The molecule has 1 rings (SSSR count). The van der Waals surface area contributed by atoms with Crippen molar-refractivity contribution in [3.8, 4) is 11.5 Å². The number of hydrogen-bond donors (Lipinski definition) is 2. The molecule has 5 nitrogen and oxygen atoms in total. The van der Waals surface area contributed by atoms with Crippen LogP contribution >= 0.6 is 15.9 Å². The first-order valence-corrected chi connectivity index (χ1v) is 7.05. The molecule has 0 aliphatic rings. The van der Waals surface area contributed by atoms with Crippen LogP contribution in [0.25, 0.3) is 0 Å². The molecule has 0 heterocycles. The second-order valence-corrected chi connectivity index (χ2v) is 5.56. The van der Waals surface area contributed by atoms with Gasteiger partial charge in [-0.15, -0.1) is 0 Å². The van der Waals surface area contributed by atoms with Gasteiger partial charge in [0.1, 0.15) is 0 Å². The largest absolute Gasteiger partial charge is 0.493 e. The predicted octanol–water partition coefficient (Wildman–Crippen LogP) is 2.72. The number of carboxylic acid groups (broad SMARTS) is 1. The van der Waals surface area contributed by atoms with E-state index >= 15 is 0 Å². The third kappa shape index (κ3) is 3.07. The Kier molecular flexibility index (Phi) is 5.83. The smallest absolute Gasteiger partial charge is 0.312 e. The molecule has 1 aromatic carbocycles. The highest BCUT2D eigenvalue weighted by Gasteiger charge is 2.29. The Bertz CT molecular complexity index is 502. The lowest BCUT2D eigenvalue weighted by molar-refractivity contribution is -0.138. The molecule has 0 aromatic heterocycles. The Morgan fingerprint density at radius 1 is 1.35 bits per heavy atom. The van der Waals surface area contributed by atoms with Crippen molar-refractivity contribution < 1.29 is 19.4 Å². The van der Waals surface area contributed by atoms with Crippen LogP contribution in [0.3, 0.4) is 0 Å². The number of halogens is 1. The van der Waals surface area contributed by atoms with E-state index in [1.165, 1.54) is 0 Å². The number of carbonyl (C=O) groups is 1. The lowest BCUT2D eigenvalue weighted by Crippen LogP contribution is -2.23. The quantitative estimate of drug-likeness (QED) is 0.828. The number of aliphatic carboxylic acids is 1. The fourth-order valence-electron chi connectivity index (χ4n) is 2.27. The van der Waals surface area contributed by atoms with Crippen LogP contribution in [0.2, 0.25) is 0 Å². The molecule has 0 aliphatic carbocycles. The Balaban J connectivity index is 3.69. The minimum absolute atomic E-state index is 0.0170. The van der Waals surface area contributed by atoms with Crippen molar-refractivity contribution in [1.82, 2.24) is 0 Å². The summed E-state index contributed by atoms with van der Waals surface area (Å²) in [5.74, 6) is -0.558. The molecule has 6 heteroatoms. The monoisotopic (exact) mass is 345 g/mol. The average molecular weight is 346 g/mol. The summed E-state index contributed by atoms with van der Waals surface area (Å²) in [4.78, 5) is 11.4. The molecular formula is C14H20BrNO4. The maximum Gasteiger partial charge on any atom is 0.312 e. The van der Waals surface area contributed by atoms with E-state index in [-0.39, 0.29) is 12.5 Å². The highest BCUT2D eigenvalue weighted by atomic mass is 79.9. The van der Waals surface area contributed by atoms with Crippen molar-refractivity contribution in [3.05, 3.63) is 21.7 Å². The molecule has 0 amide bonds. The SMILES string of the molecule is COc1cc(Br)c(C(CN)C(=O)O)c(C(C)C)c1OC. The molecule has 3 N–H and O–H groups in total. The van der Waals surface area contributed by atoms with E-state index in [0.717, 1.165) is 5.56 Å². The Morgan fingerprint density at radius 3 is 2.30 bits per heavy atom. The van der Waals surface area contributed by atoms with E-state index in [0.29, 0.717) is 21.5 Å².